The fourth-order valence-corrected chi connectivity index (χ4v) is 6.23. The fraction of sp³-hybridized carbons (Fsp3) is 0.200. The molecule has 0 amide bonds. The van der Waals surface area contributed by atoms with Crippen LogP contribution in [0.15, 0.2) is 109 Å². The Bertz CT molecular complexity index is 2170. The van der Waals surface area contributed by atoms with Crippen LogP contribution >= 0.6 is 0 Å². The van der Waals surface area contributed by atoms with Crippen molar-refractivity contribution in [2.24, 2.45) is 0 Å². The molecule has 0 N–H and O–H groups in total. The fourth-order valence-electron chi connectivity index (χ4n) is 6.23. The predicted octanol–water partition coefficient (Wildman–Crippen LogP) is 11.8. The molecule has 6 aromatic carbocycles. The van der Waals surface area contributed by atoms with Crippen molar-refractivity contribution in [1.82, 2.24) is 0 Å². The van der Waals surface area contributed by atoms with E-state index in [0.717, 1.165) is 45.0 Å². The zero-order valence-corrected chi connectivity index (χ0v) is 28.2. The summed E-state index contributed by atoms with van der Waals surface area (Å²) in [4.78, 5) is 0. The monoisotopic (exact) mass is 652 g/mol. The molecule has 0 radical (unpaired) electrons. The molecule has 1 nitrogen and oxygen atoms in total. The Morgan fingerprint density at radius 2 is 1.16 bits per heavy atom. The molecule has 0 aliphatic carbocycles. The summed E-state index contributed by atoms with van der Waals surface area (Å²) in [6.07, 6.45) is 6.04. The van der Waals surface area contributed by atoms with Gasteiger partial charge in [0.2, 0.25) is 0 Å². The number of ether oxygens (including phenoxy) is 1. The van der Waals surface area contributed by atoms with Gasteiger partial charge < -0.3 is 4.74 Å². The first-order valence-corrected chi connectivity index (χ1v) is 16.9. The molecule has 0 unspecified atom stereocenters. The average Bonchev–Trinajstić information content (AvgIpc) is 3.10. The third kappa shape index (κ3) is 8.07. The van der Waals surface area contributed by atoms with Crippen LogP contribution in [0.3, 0.4) is 0 Å². The predicted molar refractivity (Wildman–Crippen MR) is 195 cm³/mol. The van der Waals surface area contributed by atoms with Crippen LogP contribution in [-0.2, 0) is 19.3 Å². The van der Waals surface area contributed by atoms with Gasteiger partial charge in [-0.2, -0.15) is 0 Å². The van der Waals surface area contributed by atoms with Gasteiger partial charge >= 0.3 is 0 Å². The van der Waals surface area contributed by atoms with Gasteiger partial charge in [0.15, 0.2) is 0 Å². The van der Waals surface area contributed by atoms with Gasteiger partial charge in [-0.25, -0.2) is 13.2 Å². The first kappa shape index (κ1) is 33.6. The maximum Gasteiger partial charge on any atom is 0.142 e. The zero-order chi connectivity index (χ0) is 34.3. The van der Waals surface area contributed by atoms with E-state index in [1.807, 2.05) is 42.5 Å². The third-order valence-corrected chi connectivity index (χ3v) is 9.00. The van der Waals surface area contributed by atoms with Crippen molar-refractivity contribution < 1.29 is 17.9 Å². The quantitative estimate of drug-likeness (QED) is 0.106. The highest BCUT2D eigenvalue weighted by atomic mass is 19.1. The molecular weight excluding hydrogens is 613 g/mol. The molecule has 4 heteroatoms. The molecule has 49 heavy (non-hydrogen) atoms. The number of benzene rings is 6. The topological polar surface area (TPSA) is 9.23 Å². The van der Waals surface area contributed by atoms with Crippen molar-refractivity contribution in [2.75, 3.05) is 7.11 Å². The second kappa shape index (κ2) is 15.3. The van der Waals surface area contributed by atoms with Crippen molar-refractivity contribution in [2.45, 2.75) is 52.4 Å². The third-order valence-electron chi connectivity index (χ3n) is 9.00. The molecule has 0 aliphatic heterocycles. The second-order valence-corrected chi connectivity index (χ2v) is 12.6. The highest BCUT2D eigenvalue weighted by molar-refractivity contribution is 5.88. The largest absolute Gasteiger partial charge is 0.495 e. The van der Waals surface area contributed by atoms with Gasteiger partial charge in [-0.15, -0.1) is 0 Å². The van der Waals surface area contributed by atoms with Crippen LogP contribution in [0.25, 0.3) is 33.0 Å². The first-order chi connectivity index (χ1) is 23.8. The lowest BCUT2D eigenvalue weighted by atomic mass is 9.95. The molecule has 0 bridgehead atoms. The molecule has 0 heterocycles. The Balaban J connectivity index is 1.10. The minimum atomic E-state index is -0.409. The molecule has 246 valence electrons. The SMILES string of the molecule is CCCCCc1ccc2cc(-c3ccc(-c4ccc(CCc5ccc(C#Cc6c(F)cc(C)cc6OC)cc5)cc4F)cc3F)ccc2c1. The molecular formula is C45H39F3O. The van der Waals surface area contributed by atoms with Crippen LogP contribution < -0.4 is 4.74 Å². The van der Waals surface area contributed by atoms with E-state index in [4.69, 9.17) is 4.74 Å². The number of hydrogen-bond acceptors (Lipinski definition) is 1. The van der Waals surface area contributed by atoms with Gasteiger partial charge in [-0.3, -0.25) is 0 Å². The summed E-state index contributed by atoms with van der Waals surface area (Å²) in [5.41, 5.74) is 7.18. The molecule has 0 saturated heterocycles. The lowest BCUT2D eigenvalue weighted by Gasteiger charge is -2.11. The summed E-state index contributed by atoms with van der Waals surface area (Å²) in [5, 5.41) is 2.22. The normalized spacial score (nSPS) is 11.0. The van der Waals surface area contributed by atoms with Gasteiger partial charge in [-0.1, -0.05) is 98.3 Å². The van der Waals surface area contributed by atoms with Crippen LogP contribution in [0.5, 0.6) is 5.75 Å². The number of methoxy groups -OCH3 is 1. The van der Waals surface area contributed by atoms with Crippen molar-refractivity contribution in [3.63, 3.8) is 0 Å². The first-order valence-electron chi connectivity index (χ1n) is 16.9. The minimum absolute atomic E-state index is 0.234. The van der Waals surface area contributed by atoms with Crippen LogP contribution in [-0.4, -0.2) is 7.11 Å². The molecule has 0 saturated carbocycles. The van der Waals surface area contributed by atoms with E-state index in [0.29, 0.717) is 35.3 Å². The van der Waals surface area contributed by atoms with Gasteiger partial charge in [0.25, 0.3) is 0 Å². The Hall–Kier alpha value is -5.27. The van der Waals surface area contributed by atoms with E-state index in [1.165, 1.54) is 50.1 Å². The zero-order valence-electron chi connectivity index (χ0n) is 28.2. The smallest absolute Gasteiger partial charge is 0.142 e. The van der Waals surface area contributed by atoms with Crippen LogP contribution in [0.4, 0.5) is 13.2 Å². The van der Waals surface area contributed by atoms with Gasteiger partial charge in [0.05, 0.1) is 7.11 Å². The van der Waals surface area contributed by atoms with Crippen molar-refractivity contribution in [1.29, 1.82) is 0 Å². The summed E-state index contributed by atoms with van der Waals surface area (Å²) >= 11 is 0. The standard InChI is InChI=1S/C45H39F3O/c1-4-5-6-7-33-14-17-36-28-37(19-18-35(36)26-33)40-23-20-38(29-44(40)48)39-21-16-34(27-43(39)47)13-12-31-8-10-32(11-9-31)15-22-41-42(46)24-30(2)25-45(41)49-3/h8-11,14,16-21,23-29H,4-7,12-13H2,1-3H3. The Morgan fingerprint density at radius 3 is 1.90 bits per heavy atom. The van der Waals surface area contributed by atoms with Crippen LogP contribution in [0.1, 0.15) is 59.6 Å². The number of rotatable bonds is 10. The van der Waals surface area contributed by atoms with E-state index >= 15 is 8.78 Å². The van der Waals surface area contributed by atoms with Crippen LogP contribution in [0, 0.1) is 36.2 Å². The van der Waals surface area contributed by atoms with E-state index in [9.17, 15) is 4.39 Å². The number of aryl methyl sites for hydroxylation is 4. The van der Waals surface area contributed by atoms with E-state index in [-0.39, 0.29) is 17.2 Å². The van der Waals surface area contributed by atoms with E-state index in [2.05, 4.69) is 43.0 Å². The minimum Gasteiger partial charge on any atom is -0.495 e. The van der Waals surface area contributed by atoms with Crippen molar-refractivity contribution >= 4 is 10.8 Å². The van der Waals surface area contributed by atoms with Gasteiger partial charge in [-0.05, 0) is 119 Å². The number of fused-ring (bicyclic) bond motifs is 1. The molecule has 6 aromatic rings. The average molecular weight is 653 g/mol. The summed E-state index contributed by atoms with van der Waals surface area (Å²) < 4.78 is 50.5. The summed E-state index contributed by atoms with van der Waals surface area (Å²) in [7, 11) is 1.50. The van der Waals surface area contributed by atoms with Gasteiger partial charge in [0, 0.05) is 16.7 Å². The number of hydrogen-bond donors (Lipinski definition) is 0. The summed E-state index contributed by atoms with van der Waals surface area (Å²) in [6, 6.07) is 33.6. The lowest BCUT2D eigenvalue weighted by molar-refractivity contribution is 0.409. The maximum absolute atomic E-state index is 15.5. The molecule has 0 atom stereocenters. The highest BCUT2D eigenvalue weighted by Crippen LogP contribution is 2.32. The van der Waals surface area contributed by atoms with Crippen LogP contribution in [0.2, 0.25) is 0 Å². The lowest BCUT2D eigenvalue weighted by Crippen LogP contribution is -1.95. The highest BCUT2D eigenvalue weighted by Gasteiger charge is 2.13. The molecule has 0 spiro atoms. The second-order valence-electron chi connectivity index (χ2n) is 12.6. The maximum atomic E-state index is 15.5. The molecule has 0 fully saturated rings. The molecule has 6 rings (SSSR count). The summed E-state index contributed by atoms with van der Waals surface area (Å²) in [6.45, 7) is 4.01. The van der Waals surface area contributed by atoms with Gasteiger partial charge in [0.1, 0.15) is 28.8 Å². The van der Waals surface area contributed by atoms with Crippen molar-refractivity contribution in [3.05, 3.63) is 160 Å². The number of halogens is 3. The van der Waals surface area contributed by atoms with Crippen molar-refractivity contribution in [3.8, 4) is 39.8 Å². The van der Waals surface area contributed by atoms with E-state index in [1.54, 1.807) is 31.2 Å². The Morgan fingerprint density at radius 1 is 0.551 bits per heavy atom. The number of unbranched alkanes of at least 4 members (excludes halogenated alkanes) is 2. The Kier molecular flexibility index (Phi) is 10.5. The van der Waals surface area contributed by atoms with E-state index < -0.39 is 5.82 Å². The Labute approximate surface area is 287 Å². The molecule has 0 aliphatic rings. The molecule has 0 aromatic heterocycles. The summed E-state index contributed by atoms with van der Waals surface area (Å²) in [5.74, 6) is 5.15.